The highest BCUT2D eigenvalue weighted by molar-refractivity contribution is 5.28. The first-order valence-electron chi connectivity index (χ1n) is 5.16. The van der Waals surface area contributed by atoms with E-state index in [0.29, 0.717) is 0 Å². The van der Waals surface area contributed by atoms with E-state index in [0.717, 1.165) is 5.69 Å². The molecule has 0 saturated carbocycles. The first-order chi connectivity index (χ1) is 7.38. The monoisotopic (exact) mass is 204 g/mol. The van der Waals surface area contributed by atoms with Gasteiger partial charge in [0.1, 0.15) is 6.33 Å². The van der Waals surface area contributed by atoms with Gasteiger partial charge < -0.3 is 0 Å². The molecule has 0 unspecified atom stereocenters. The molecule has 0 spiro atoms. The molecule has 1 heterocycles. The molecular formula is C11H16N4. The van der Waals surface area contributed by atoms with E-state index in [2.05, 4.69) is 29.4 Å². The molecule has 0 atom stereocenters. The molecule has 0 aliphatic rings. The smallest absolute Gasteiger partial charge is 0.143 e. The largest absolute Gasteiger partial charge is 0.201 e. The van der Waals surface area contributed by atoms with E-state index in [9.17, 15) is 0 Å². The average molecular weight is 204 g/mol. The van der Waals surface area contributed by atoms with Crippen molar-refractivity contribution in [2.45, 2.75) is 26.7 Å². The third-order valence-corrected chi connectivity index (χ3v) is 1.87. The second-order valence-corrected chi connectivity index (χ2v) is 3.09. The van der Waals surface area contributed by atoms with Crippen molar-refractivity contribution >= 4 is 0 Å². The fourth-order valence-electron chi connectivity index (χ4n) is 0.860. The lowest BCUT2D eigenvalue weighted by Gasteiger charge is -1.94. The van der Waals surface area contributed by atoms with Crippen molar-refractivity contribution < 1.29 is 0 Å². The molecule has 2 rings (SSSR count). The maximum atomic E-state index is 3.74. The Hall–Kier alpha value is -1.71. The number of rotatable bonds is 2. The Balaban J connectivity index is 0.000000245. The van der Waals surface area contributed by atoms with Crippen molar-refractivity contribution in [2.24, 2.45) is 0 Å². The van der Waals surface area contributed by atoms with Gasteiger partial charge in [-0.2, -0.15) is 0 Å². The number of nitrogens with zero attached hydrogens (tertiary/aromatic N) is 4. The fraction of sp³-hybridized carbons (Fsp3) is 0.364. The second kappa shape index (κ2) is 6.70. The van der Waals surface area contributed by atoms with Crippen LogP contribution in [0.5, 0.6) is 0 Å². The summed E-state index contributed by atoms with van der Waals surface area (Å²) in [6.07, 6.45) is 4.20. The second-order valence-electron chi connectivity index (χ2n) is 3.09. The van der Waals surface area contributed by atoms with Crippen molar-refractivity contribution in [1.29, 1.82) is 0 Å². The van der Waals surface area contributed by atoms with E-state index in [1.807, 2.05) is 30.3 Å². The highest BCUT2D eigenvalue weighted by atomic mass is 15.5. The third kappa shape index (κ3) is 3.89. The van der Waals surface area contributed by atoms with Gasteiger partial charge in [-0.25, -0.2) is 4.68 Å². The number of unbranched alkanes of at least 4 members (excludes halogenated alkanes) is 1. The van der Waals surface area contributed by atoms with Crippen LogP contribution in [0, 0.1) is 0 Å². The summed E-state index contributed by atoms with van der Waals surface area (Å²) in [4.78, 5) is 0. The number of para-hydroxylation sites is 1. The van der Waals surface area contributed by atoms with Gasteiger partial charge in [-0.05, 0) is 22.6 Å². The number of aromatic nitrogens is 4. The van der Waals surface area contributed by atoms with E-state index in [-0.39, 0.29) is 0 Å². The number of hydrogen-bond acceptors (Lipinski definition) is 3. The molecule has 15 heavy (non-hydrogen) atoms. The molecule has 80 valence electrons. The Labute approximate surface area is 89.9 Å². The minimum Gasteiger partial charge on any atom is -0.201 e. The molecule has 0 amide bonds. The zero-order valence-electron chi connectivity index (χ0n) is 9.17. The molecule has 2 aromatic rings. The predicted octanol–water partition coefficient (Wildman–Crippen LogP) is 2.47. The molecule has 1 aromatic heterocycles. The molecule has 4 heteroatoms. The van der Waals surface area contributed by atoms with Crippen molar-refractivity contribution in [3.8, 4) is 5.69 Å². The van der Waals surface area contributed by atoms with Crippen molar-refractivity contribution in [2.75, 3.05) is 0 Å². The first-order valence-corrected chi connectivity index (χ1v) is 5.16. The SMILES string of the molecule is CCCC.c1ccc(-n2cnnn2)cc1. The van der Waals surface area contributed by atoms with Crippen LogP contribution in [-0.4, -0.2) is 20.2 Å². The summed E-state index contributed by atoms with van der Waals surface area (Å²) in [7, 11) is 0. The molecule has 0 aliphatic carbocycles. The Kier molecular flexibility index (Phi) is 5.08. The Morgan fingerprint density at radius 1 is 1.07 bits per heavy atom. The van der Waals surface area contributed by atoms with Crippen LogP contribution in [-0.2, 0) is 0 Å². The Morgan fingerprint density at radius 3 is 2.20 bits per heavy atom. The molecule has 0 bridgehead atoms. The fourth-order valence-corrected chi connectivity index (χ4v) is 0.860. The van der Waals surface area contributed by atoms with E-state index >= 15 is 0 Å². The van der Waals surface area contributed by atoms with Crippen LogP contribution in [0.3, 0.4) is 0 Å². The summed E-state index contributed by atoms with van der Waals surface area (Å²) < 4.78 is 1.61. The highest BCUT2D eigenvalue weighted by Crippen LogP contribution is 2.01. The molecule has 4 nitrogen and oxygen atoms in total. The van der Waals surface area contributed by atoms with Crippen molar-refractivity contribution in [1.82, 2.24) is 20.2 Å². The zero-order chi connectivity index (χ0) is 10.9. The molecule has 0 saturated heterocycles. The van der Waals surface area contributed by atoms with Crippen LogP contribution in [0.4, 0.5) is 0 Å². The van der Waals surface area contributed by atoms with E-state index in [1.54, 1.807) is 11.0 Å². The quantitative estimate of drug-likeness (QED) is 0.754. The first kappa shape index (κ1) is 11.4. The summed E-state index contributed by atoms with van der Waals surface area (Å²) in [5.41, 5.74) is 0.970. The topological polar surface area (TPSA) is 43.6 Å². The number of benzene rings is 1. The van der Waals surface area contributed by atoms with E-state index in [1.165, 1.54) is 12.8 Å². The zero-order valence-corrected chi connectivity index (χ0v) is 9.17. The van der Waals surface area contributed by atoms with Crippen LogP contribution >= 0.6 is 0 Å². The maximum absolute atomic E-state index is 3.74. The molecule has 0 radical (unpaired) electrons. The standard InChI is InChI=1S/C7H6N4.C4H10/c1-2-4-7(5-3-1)11-6-8-9-10-11;1-3-4-2/h1-6H;3-4H2,1-2H3. The average Bonchev–Trinajstić information content (AvgIpc) is 2.84. The van der Waals surface area contributed by atoms with Crippen LogP contribution < -0.4 is 0 Å². The van der Waals surface area contributed by atoms with Crippen molar-refractivity contribution in [3.63, 3.8) is 0 Å². The molecule has 1 aromatic carbocycles. The molecular weight excluding hydrogens is 188 g/mol. The summed E-state index contributed by atoms with van der Waals surface area (Å²) >= 11 is 0. The van der Waals surface area contributed by atoms with E-state index in [4.69, 9.17) is 0 Å². The third-order valence-electron chi connectivity index (χ3n) is 1.87. The van der Waals surface area contributed by atoms with Gasteiger partial charge in [0.15, 0.2) is 0 Å². The lowest BCUT2D eigenvalue weighted by atomic mass is 10.3. The van der Waals surface area contributed by atoms with E-state index < -0.39 is 0 Å². The number of tetrazole rings is 1. The molecule has 0 N–H and O–H groups in total. The summed E-state index contributed by atoms with van der Waals surface area (Å²) in [5, 5.41) is 10.8. The lowest BCUT2D eigenvalue weighted by molar-refractivity contribution is 0.789. The van der Waals surface area contributed by atoms with Gasteiger partial charge in [0.25, 0.3) is 0 Å². The van der Waals surface area contributed by atoms with Crippen LogP contribution in [0.25, 0.3) is 5.69 Å². The molecule has 0 fully saturated rings. The van der Waals surface area contributed by atoms with Gasteiger partial charge in [-0.3, -0.25) is 0 Å². The van der Waals surface area contributed by atoms with Crippen molar-refractivity contribution in [3.05, 3.63) is 36.7 Å². The van der Waals surface area contributed by atoms with Crippen LogP contribution in [0.1, 0.15) is 26.7 Å². The van der Waals surface area contributed by atoms with Gasteiger partial charge in [0, 0.05) is 0 Å². The highest BCUT2D eigenvalue weighted by Gasteiger charge is 1.92. The Bertz CT molecular complexity index is 340. The Morgan fingerprint density at radius 2 is 1.73 bits per heavy atom. The van der Waals surface area contributed by atoms with Gasteiger partial charge in [0.05, 0.1) is 5.69 Å². The minimum atomic E-state index is 0.970. The number of hydrogen-bond donors (Lipinski definition) is 0. The van der Waals surface area contributed by atoms with Gasteiger partial charge in [0.2, 0.25) is 0 Å². The summed E-state index contributed by atoms with van der Waals surface area (Å²) in [6, 6.07) is 9.72. The normalized spacial score (nSPS) is 9.20. The van der Waals surface area contributed by atoms with Crippen LogP contribution in [0.2, 0.25) is 0 Å². The summed E-state index contributed by atoms with van der Waals surface area (Å²) in [6.45, 7) is 4.36. The van der Waals surface area contributed by atoms with Gasteiger partial charge in [-0.1, -0.05) is 44.9 Å². The lowest BCUT2D eigenvalue weighted by Crippen LogP contribution is -1.93. The predicted molar refractivity (Wildman–Crippen MR) is 59.7 cm³/mol. The van der Waals surface area contributed by atoms with Gasteiger partial charge >= 0.3 is 0 Å². The maximum Gasteiger partial charge on any atom is 0.143 e. The molecule has 0 aliphatic heterocycles. The summed E-state index contributed by atoms with van der Waals surface area (Å²) in [5.74, 6) is 0. The van der Waals surface area contributed by atoms with Crippen LogP contribution in [0.15, 0.2) is 36.7 Å². The van der Waals surface area contributed by atoms with Gasteiger partial charge in [-0.15, -0.1) is 5.10 Å². The minimum absolute atomic E-state index is 0.970.